The second kappa shape index (κ2) is 7.00. The lowest BCUT2D eigenvalue weighted by atomic mass is 9.93. The van der Waals surface area contributed by atoms with Crippen molar-refractivity contribution in [2.45, 2.75) is 37.9 Å². The van der Waals surface area contributed by atoms with Crippen LogP contribution in [-0.2, 0) is 9.59 Å². The number of nitrogens with one attached hydrogen (secondary N) is 3. The van der Waals surface area contributed by atoms with Gasteiger partial charge in [-0.15, -0.1) is 0 Å². The summed E-state index contributed by atoms with van der Waals surface area (Å²) in [6.45, 7) is 2.15. The fraction of sp³-hybridized carbons (Fsp3) is 0.471. The highest BCUT2D eigenvalue weighted by Crippen LogP contribution is 2.22. The number of rotatable bonds is 3. The van der Waals surface area contributed by atoms with Gasteiger partial charge in [0.15, 0.2) is 0 Å². The van der Waals surface area contributed by atoms with E-state index in [9.17, 15) is 14.4 Å². The standard InChI is InChI=1S/C17H22N4O4/c1-10-16(23)21-8-7-12(9-14(21)15(22)18-10)20-17(24)19-11-3-5-13(25-2)6-4-11/h3-6,10,12,14H,7-9H2,1-2H3,(H,18,22)(H2,19,20,24). The number of nitrogens with zero attached hydrogens (tertiary/aromatic N) is 1. The molecule has 2 saturated heterocycles. The number of amides is 4. The Morgan fingerprint density at radius 3 is 2.68 bits per heavy atom. The van der Waals surface area contributed by atoms with E-state index in [1.54, 1.807) is 43.2 Å². The van der Waals surface area contributed by atoms with Crippen LogP contribution in [0, 0.1) is 0 Å². The van der Waals surface area contributed by atoms with Crippen LogP contribution in [0.15, 0.2) is 24.3 Å². The van der Waals surface area contributed by atoms with E-state index >= 15 is 0 Å². The normalized spacial score (nSPS) is 25.7. The molecule has 4 amide bonds. The van der Waals surface area contributed by atoms with Gasteiger partial charge in [0, 0.05) is 18.3 Å². The van der Waals surface area contributed by atoms with E-state index in [4.69, 9.17) is 4.74 Å². The molecule has 2 aliphatic heterocycles. The van der Waals surface area contributed by atoms with Crippen LogP contribution in [0.4, 0.5) is 10.5 Å². The first-order chi connectivity index (χ1) is 12.0. The van der Waals surface area contributed by atoms with Crippen molar-refractivity contribution in [1.29, 1.82) is 0 Å². The Labute approximate surface area is 145 Å². The second-order valence-electron chi connectivity index (χ2n) is 6.33. The van der Waals surface area contributed by atoms with Crippen molar-refractivity contribution >= 4 is 23.5 Å². The lowest BCUT2D eigenvalue weighted by Crippen LogP contribution is -2.66. The van der Waals surface area contributed by atoms with Gasteiger partial charge in [-0.05, 0) is 44.0 Å². The predicted molar refractivity (Wildman–Crippen MR) is 91.3 cm³/mol. The average molecular weight is 346 g/mol. The number of carbonyl (C=O) groups excluding carboxylic acids is 3. The minimum absolute atomic E-state index is 0.0641. The van der Waals surface area contributed by atoms with Crippen molar-refractivity contribution in [2.75, 3.05) is 19.0 Å². The lowest BCUT2D eigenvalue weighted by molar-refractivity contribution is -0.151. The fourth-order valence-electron chi connectivity index (χ4n) is 3.26. The monoisotopic (exact) mass is 346 g/mol. The molecule has 0 aliphatic carbocycles. The van der Waals surface area contributed by atoms with Crippen LogP contribution in [0.2, 0.25) is 0 Å². The van der Waals surface area contributed by atoms with Crippen LogP contribution in [0.5, 0.6) is 5.75 Å². The molecule has 1 aromatic rings. The number of hydrogen-bond donors (Lipinski definition) is 3. The Bertz CT molecular complexity index is 676. The number of piperazine rings is 1. The number of benzene rings is 1. The van der Waals surface area contributed by atoms with Gasteiger partial charge in [-0.3, -0.25) is 9.59 Å². The highest BCUT2D eigenvalue weighted by Gasteiger charge is 2.42. The summed E-state index contributed by atoms with van der Waals surface area (Å²) in [5, 5.41) is 8.31. The summed E-state index contributed by atoms with van der Waals surface area (Å²) in [6, 6.07) is 5.52. The van der Waals surface area contributed by atoms with Gasteiger partial charge < -0.3 is 25.6 Å². The summed E-state index contributed by atoms with van der Waals surface area (Å²) in [6.07, 6.45) is 1.04. The molecule has 3 atom stereocenters. The maximum atomic E-state index is 12.2. The van der Waals surface area contributed by atoms with Gasteiger partial charge in [-0.1, -0.05) is 0 Å². The Balaban J connectivity index is 1.56. The van der Waals surface area contributed by atoms with Crippen LogP contribution in [0.25, 0.3) is 0 Å². The molecule has 2 aliphatic rings. The summed E-state index contributed by atoms with van der Waals surface area (Å²) < 4.78 is 5.07. The maximum Gasteiger partial charge on any atom is 0.319 e. The van der Waals surface area contributed by atoms with E-state index in [1.165, 1.54) is 0 Å². The zero-order valence-electron chi connectivity index (χ0n) is 14.2. The van der Waals surface area contributed by atoms with Crippen LogP contribution >= 0.6 is 0 Å². The number of fused-ring (bicyclic) bond motifs is 1. The Morgan fingerprint density at radius 2 is 2.00 bits per heavy atom. The number of methoxy groups -OCH3 is 1. The maximum absolute atomic E-state index is 12.2. The third-order valence-electron chi connectivity index (χ3n) is 4.60. The van der Waals surface area contributed by atoms with E-state index in [0.717, 1.165) is 0 Å². The molecule has 0 bridgehead atoms. The smallest absolute Gasteiger partial charge is 0.319 e. The van der Waals surface area contributed by atoms with Gasteiger partial charge in [0.25, 0.3) is 0 Å². The number of hydrogen-bond acceptors (Lipinski definition) is 4. The molecular weight excluding hydrogens is 324 g/mol. The van der Waals surface area contributed by atoms with Crippen molar-refractivity contribution in [3.63, 3.8) is 0 Å². The molecule has 0 aromatic heterocycles. The van der Waals surface area contributed by atoms with Crippen LogP contribution in [0.3, 0.4) is 0 Å². The Hall–Kier alpha value is -2.77. The van der Waals surface area contributed by atoms with E-state index in [1.807, 2.05) is 0 Å². The molecule has 3 N–H and O–H groups in total. The van der Waals surface area contributed by atoms with Crippen LogP contribution < -0.4 is 20.7 Å². The third-order valence-corrected chi connectivity index (χ3v) is 4.60. The van der Waals surface area contributed by atoms with E-state index in [-0.39, 0.29) is 23.9 Å². The first-order valence-corrected chi connectivity index (χ1v) is 8.30. The van der Waals surface area contributed by atoms with Gasteiger partial charge >= 0.3 is 6.03 Å². The molecule has 0 saturated carbocycles. The Kier molecular flexibility index (Phi) is 4.78. The zero-order chi connectivity index (χ0) is 18.0. The van der Waals surface area contributed by atoms with Gasteiger partial charge in [0.05, 0.1) is 7.11 Å². The molecule has 2 heterocycles. The van der Waals surface area contributed by atoms with E-state index in [2.05, 4.69) is 16.0 Å². The number of piperidine rings is 1. The highest BCUT2D eigenvalue weighted by molar-refractivity contribution is 5.97. The molecule has 3 unspecified atom stereocenters. The molecule has 134 valence electrons. The van der Waals surface area contributed by atoms with Crippen LogP contribution in [0.1, 0.15) is 19.8 Å². The number of urea groups is 1. The quantitative estimate of drug-likeness (QED) is 0.750. The average Bonchev–Trinajstić information content (AvgIpc) is 2.60. The molecule has 1 aromatic carbocycles. The molecule has 0 radical (unpaired) electrons. The minimum atomic E-state index is -0.510. The highest BCUT2D eigenvalue weighted by atomic mass is 16.5. The van der Waals surface area contributed by atoms with Crippen LogP contribution in [-0.4, -0.2) is 54.5 Å². The fourth-order valence-corrected chi connectivity index (χ4v) is 3.26. The van der Waals surface area contributed by atoms with Gasteiger partial charge in [0.1, 0.15) is 17.8 Å². The van der Waals surface area contributed by atoms with E-state index in [0.29, 0.717) is 30.8 Å². The van der Waals surface area contributed by atoms with Crippen molar-refractivity contribution < 1.29 is 19.1 Å². The zero-order valence-corrected chi connectivity index (χ0v) is 14.2. The van der Waals surface area contributed by atoms with Crippen molar-refractivity contribution in [3.05, 3.63) is 24.3 Å². The van der Waals surface area contributed by atoms with Crippen molar-refractivity contribution in [2.24, 2.45) is 0 Å². The molecule has 8 nitrogen and oxygen atoms in total. The SMILES string of the molecule is COc1ccc(NC(=O)NC2CCN3C(=O)C(C)NC(=O)C3C2)cc1. The first kappa shape index (κ1) is 17.1. The molecule has 8 heteroatoms. The van der Waals surface area contributed by atoms with Crippen molar-refractivity contribution in [1.82, 2.24) is 15.5 Å². The van der Waals surface area contributed by atoms with Gasteiger partial charge in [0.2, 0.25) is 11.8 Å². The van der Waals surface area contributed by atoms with Gasteiger partial charge in [-0.25, -0.2) is 4.79 Å². The topological polar surface area (TPSA) is 99.8 Å². The molecule has 2 fully saturated rings. The largest absolute Gasteiger partial charge is 0.497 e. The number of anilines is 1. The number of carbonyl (C=O) groups is 3. The van der Waals surface area contributed by atoms with E-state index < -0.39 is 12.1 Å². The van der Waals surface area contributed by atoms with Crippen molar-refractivity contribution in [3.8, 4) is 5.75 Å². The molecule has 0 spiro atoms. The molecular formula is C17H22N4O4. The summed E-state index contributed by atoms with van der Waals surface area (Å²) in [4.78, 5) is 38.0. The summed E-state index contributed by atoms with van der Waals surface area (Å²) in [5.74, 6) is 0.487. The summed E-state index contributed by atoms with van der Waals surface area (Å²) >= 11 is 0. The second-order valence-corrected chi connectivity index (χ2v) is 6.33. The lowest BCUT2D eigenvalue weighted by Gasteiger charge is -2.43. The third kappa shape index (κ3) is 3.67. The number of ether oxygens (including phenoxy) is 1. The molecule has 25 heavy (non-hydrogen) atoms. The summed E-state index contributed by atoms with van der Waals surface area (Å²) in [7, 11) is 1.58. The molecule has 3 rings (SSSR count). The van der Waals surface area contributed by atoms with Gasteiger partial charge in [-0.2, -0.15) is 0 Å². The first-order valence-electron chi connectivity index (χ1n) is 8.30. The summed E-state index contributed by atoms with van der Waals surface area (Å²) in [5.41, 5.74) is 0.648. The minimum Gasteiger partial charge on any atom is -0.497 e. The predicted octanol–water partition coefficient (Wildman–Crippen LogP) is 0.695. The Morgan fingerprint density at radius 1 is 1.28 bits per heavy atom.